The van der Waals surface area contributed by atoms with Crippen molar-refractivity contribution in [1.29, 1.82) is 0 Å². The molecular formula is C15H12ClN3OS. The highest BCUT2D eigenvalue weighted by Crippen LogP contribution is 2.15. The van der Waals surface area contributed by atoms with Gasteiger partial charge < -0.3 is 5.32 Å². The molecule has 0 radical (unpaired) electrons. The van der Waals surface area contributed by atoms with Crippen molar-refractivity contribution in [2.24, 2.45) is 0 Å². The van der Waals surface area contributed by atoms with Crippen molar-refractivity contribution in [3.63, 3.8) is 0 Å². The van der Waals surface area contributed by atoms with Gasteiger partial charge in [0.05, 0.1) is 11.9 Å². The third kappa shape index (κ3) is 3.15. The lowest BCUT2D eigenvalue weighted by molar-refractivity contribution is -0.116. The maximum absolute atomic E-state index is 11.8. The first-order chi connectivity index (χ1) is 10.2. The van der Waals surface area contributed by atoms with E-state index in [0.717, 1.165) is 16.2 Å². The van der Waals surface area contributed by atoms with E-state index in [1.165, 1.54) is 6.08 Å². The summed E-state index contributed by atoms with van der Waals surface area (Å²) in [6.45, 7) is 0.406. The van der Waals surface area contributed by atoms with Crippen LogP contribution in [0.5, 0.6) is 0 Å². The van der Waals surface area contributed by atoms with Crippen LogP contribution in [0, 0.1) is 0 Å². The van der Waals surface area contributed by atoms with Crippen molar-refractivity contribution in [3.8, 4) is 0 Å². The molecule has 3 rings (SSSR count). The van der Waals surface area contributed by atoms with Gasteiger partial charge in [-0.3, -0.25) is 9.20 Å². The van der Waals surface area contributed by atoms with Gasteiger partial charge >= 0.3 is 0 Å². The number of rotatable bonds is 4. The lowest BCUT2D eigenvalue weighted by atomic mass is 10.2. The Balaban J connectivity index is 1.63. The Morgan fingerprint density at radius 1 is 1.43 bits per heavy atom. The van der Waals surface area contributed by atoms with Crippen molar-refractivity contribution in [3.05, 3.63) is 64.4 Å². The number of carbonyl (C=O) groups excluding carboxylic acids is 1. The number of halogens is 1. The highest BCUT2D eigenvalue weighted by atomic mass is 35.5. The molecule has 1 N–H and O–H groups in total. The molecule has 0 saturated heterocycles. The molecule has 21 heavy (non-hydrogen) atoms. The molecule has 0 fully saturated rings. The number of aromatic nitrogens is 2. The maximum Gasteiger partial charge on any atom is 0.244 e. The van der Waals surface area contributed by atoms with Gasteiger partial charge in [-0.1, -0.05) is 29.8 Å². The maximum atomic E-state index is 11.8. The van der Waals surface area contributed by atoms with Gasteiger partial charge in [-0.05, 0) is 17.7 Å². The smallest absolute Gasteiger partial charge is 0.244 e. The van der Waals surface area contributed by atoms with Gasteiger partial charge in [0.1, 0.15) is 0 Å². The summed E-state index contributed by atoms with van der Waals surface area (Å²) in [7, 11) is 0. The minimum Gasteiger partial charge on any atom is -0.348 e. The van der Waals surface area contributed by atoms with E-state index in [2.05, 4.69) is 10.3 Å². The molecule has 0 aliphatic heterocycles. The Morgan fingerprint density at radius 2 is 2.29 bits per heavy atom. The predicted molar refractivity (Wildman–Crippen MR) is 85.4 cm³/mol. The molecule has 1 amide bonds. The van der Waals surface area contributed by atoms with Crippen LogP contribution in [-0.4, -0.2) is 15.3 Å². The Kier molecular flexibility index (Phi) is 4.03. The standard InChI is InChI=1S/C15H12ClN3OS/c16-13-4-2-1-3-11(13)9-17-14(20)6-5-12-10-18-15-19(12)7-8-21-15/h1-8,10H,9H2,(H,17,20)/b6-5+. The number of hydrogen-bond donors (Lipinski definition) is 1. The number of nitrogens with one attached hydrogen (secondary N) is 1. The highest BCUT2D eigenvalue weighted by molar-refractivity contribution is 7.15. The monoisotopic (exact) mass is 317 g/mol. The molecular weight excluding hydrogens is 306 g/mol. The van der Waals surface area contributed by atoms with Gasteiger partial charge in [-0.15, -0.1) is 11.3 Å². The Labute approximate surface area is 130 Å². The molecule has 2 aromatic heterocycles. The summed E-state index contributed by atoms with van der Waals surface area (Å²) >= 11 is 7.59. The topological polar surface area (TPSA) is 46.4 Å². The molecule has 0 aliphatic carbocycles. The zero-order valence-electron chi connectivity index (χ0n) is 11.0. The molecule has 4 nitrogen and oxygen atoms in total. The number of amides is 1. The fourth-order valence-corrected chi connectivity index (χ4v) is 2.81. The van der Waals surface area contributed by atoms with E-state index in [9.17, 15) is 4.79 Å². The summed E-state index contributed by atoms with van der Waals surface area (Å²) in [4.78, 5) is 17.0. The van der Waals surface area contributed by atoms with E-state index in [1.54, 1.807) is 29.7 Å². The van der Waals surface area contributed by atoms with Crippen molar-refractivity contribution in [1.82, 2.24) is 14.7 Å². The van der Waals surface area contributed by atoms with E-state index in [4.69, 9.17) is 11.6 Å². The third-order valence-corrected chi connectivity index (χ3v) is 4.13. The second-order valence-electron chi connectivity index (χ2n) is 4.38. The molecule has 0 bridgehead atoms. The number of fused-ring (bicyclic) bond motifs is 1. The van der Waals surface area contributed by atoms with Crippen LogP contribution < -0.4 is 5.32 Å². The average molecular weight is 318 g/mol. The lowest BCUT2D eigenvalue weighted by Crippen LogP contribution is -2.20. The van der Waals surface area contributed by atoms with Crippen molar-refractivity contribution in [2.45, 2.75) is 6.54 Å². The van der Waals surface area contributed by atoms with Crippen LogP contribution >= 0.6 is 22.9 Å². The SMILES string of the molecule is O=C(/C=C/c1cnc2sccn12)NCc1ccccc1Cl. The number of nitrogens with zero attached hydrogens (tertiary/aromatic N) is 2. The van der Waals surface area contributed by atoms with Crippen molar-refractivity contribution in [2.75, 3.05) is 0 Å². The highest BCUT2D eigenvalue weighted by Gasteiger charge is 2.03. The van der Waals surface area contributed by atoms with E-state index < -0.39 is 0 Å². The molecule has 2 heterocycles. The number of imidazole rings is 1. The summed E-state index contributed by atoms with van der Waals surface area (Å²) in [6, 6.07) is 7.44. The second kappa shape index (κ2) is 6.11. The van der Waals surface area contributed by atoms with Crippen LogP contribution in [0.25, 0.3) is 11.0 Å². The van der Waals surface area contributed by atoms with Crippen LogP contribution in [0.15, 0.2) is 48.1 Å². The number of hydrogen-bond acceptors (Lipinski definition) is 3. The van der Waals surface area contributed by atoms with E-state index in [1.807, 2.05) is 34.2 Å². The summed E-state index contributed by atoms with van der Waals surface area (Å²) < 4.78 is 1.93. The lowest BCUT2D eigenvalue weighted by Gasteiger charge is -2.04. The summed E-state index contributed by atoms with van der Waals surface area (Å²) in [5.41, 5.74) is 1.77. The minimum atomic E-state index is -0.167. The summed E-state index contributed by atoms with van der Waals surface area (Å²) in [6.07, 6.45) is 6.91. The van der Waals surface area contributed by atoms with Crippen LogP contribution in [0.3, 0.4) is 0 Å². The molecule has 0 unspecified atom stereocenters. The first-order valence-electron chi connectivity index (χ1n) is 6.34. The van der Waals surface area contributed by atoms with E-state index in [-0.39, 0.29) is 5.91 Å². The van der Waals surface area contributed by atoms with Crippen LogP contribution in [0.2, 0.25) is 5.02 Å². The Morgan fingerprint density at radius 3 is 3.14 bits per heavy atom. The Bertz CT molecular complexity index is 806. The molecule has 0 saturated carbocycles. The summed E-state index contributed by atoms with van der Waals surface area (Å²) in [5.74, 6) is -0.167. The van der Waals surface area contributed by atoms with Gasteiger partial charge in [-0.2, -0.15) is 0 Å². The zero-order chi connectivity index (χ0) is 14.7. The van der Waals surface area contributed by atoms with Crippen LogP contribution in [0.1, 0.15) is 11.3 Å². The quantitative estimate of drug-likeness (QED) is 0.750. The van der Waals surface area contributed by atoms with Crippen LogP contribution in [0.4, 0.5) is 0 Å². The number of carbonyl (C=O) groups is 1. The van der Waals surface area contributed by atoms with Crippen molar-refractivity contribution < 1.29 is 4.79 Å². The fourth-order valence-electron chi connectivity index (χ4n) is 1.91. The molecule has 3 aromatic rings. The van der Waals surface area contributed by atoms with Crippen LogP contribution in [-0.2, 0) is 11.3 Å². The van der Waals surface area contributed by atoms with Gasteiger partial charge in [-0.25, -0.2) is 4.98 Å². The second-order valence-corrected chi connectivity index (χ2v) is 5.66. The largest absolute Gasteiger partial charge is 0.348 e. The average Bonchev–Trinajstić information content (AvgIpc) is 3.08. The Hall–Kier alpha value is -2.11. The van der Waals surface area contributed by atoms with E-state index in [0.29, 0.717) is 11.6 Å². The molecule has 6 heteroatoms. The van der Waals surface area contributed by atoms with Gasteiger partial charge in [0.2, 0.25) is 5.91 Å². The van der Waals surface area contributed by atoms with Gasteiger partial charge in [0.15, 0.2) is 4.96 Å². The van der Waals surface area contributed by atoms with Gasteiger partial charge in [0, 0.05) is 29.2 Å². The van der Waals surface area contributed by atoms with Crippen molar-refractivity contribution >= 4 is 39.9 Å². The first kappa shape index (κ1) is 13.9. The van der Waals surface area contributed by atoms with E-state index >= 15 is 0 Å². The fraction of sp³-hybridized carbons (Fsp3) is 0.0667. The summed E-state index contributed by atoms with van der Waals surface area (Å²) in [5, 5.41) is 5.41. The number of benzene rings is 1. The normalized spacial score (nSPS) is 11.3. The number of thiazole rings is 1. The zero-order valence-corrected chi connectivity index (χ0v) is 12.6. The molecule has 0 atom stereocenters. The third-order valence-electron chi connectivity index (χ3n) is 2.99. The molecule has 106 valence electrons. The molecule has 0 aliphatic rings. The minimum absolute atomic E-state index is 0.167. The van der Waals surface area contributed by atoms with Gasteiger partial charge in [0.25, 0.3) is 0 Å². The first-order valence-corrected chi connectivity index (χ1v) is 7.59. The molecule has 1 aromatic carbocycles. The predicted octanol–water partition coefficient (Wildman–Crippen LogP) is 3.38. The molecule has 0 spiro atoms.